The lowest BCUT2D eigenvalue weighted by atomic mass is 10.2. The van der Waals surface area contributed by atoms with Gasteiger partial charge in [-0.05, 0) is 23.4 Å². The van der Waals surface area contributed by atoms with E-state index in [0.29, 0.717) is 18.0 Å². The summed E-state index contributed by atoms with van der Waals surface area (Å²) in [6.45, 7) is 2.63. The molecule has 0 saturated heterocycles. The minimum absolute atomic E-state index is 0.0584. The van der Waals surface area contributed by atoms with Crippen LogP contribution in [0.25, 0.3) is 0 Å². The Labute approximate surface area is 105 Å². The van der Waals surface area contributed by atoms with E-state index in [2.05, 4.69) is 0 Å². The first-order valence-electron chi connectivity index (χ1n) is 5.16. The van der Waals surface area contributed by atoms with Crippen LogP contribution in [0.2, 0.25) is 0 Å². The zero-order valence-electron chi connectivity index (χ0n) is 9.53. The molecule has 0 unspecified atom stereocenters. The zero-order chi connectivity index (χ0) is 12.1. The van der Waals surface area contributed by atoms with Crippen molar-refractivity contribution in [2.75, 3.05) is 13.6 Å². The van der Waals surface area contributed by atoms with Gasteiger partial charge in [-0.15, -0.1) is 11.3 Å². The number of rotatable bonds is 5. The van der Waals surface area contributed by atoms with Gasteiger partial charge in [0, 0.05) is 20.0 Å². The molecule has 0 radical (unpaired) electrons. The molecule has 0 spiro atoms. The molecule has 5 heteroatoms. The summed E-state index contributed by atoms with van der Waals surface area (Å²) in [5.41, 5.74) is 6.52. The highest BCUT2D eigenvalue weighted by molar-refractivity contribution is 7.80. The monoisotopic (exact) mass is 256 g/mol. The smallest absolute Gasteiger partial charge is 0.263 e. The molecule has 0 bridgehead atoms. The molecule has 1 aromatic heterocycles. The van der Waals surface area contributed by atoms with Gasteiger partial charge in [-0.3, -0.25) is 4.79 Å². The molecule has 16 heavy (non-hydrogen) atoms. The summed E-state index contributed by atoms with van der Waals surface area (Å²) < 4.78 is 0. The van der Waals surface area contributed by atoms with Gasteiger partial charge in [-0.1, -0.05) is 19.1 Å². The topological polar surface area (TPSA) is 46.3 Å². The molecule has 1 aromatic rings. The van der Waals surface area contributed by atoms with Gasteiger partial charge in [-0.25, -0.2) is 0 Å². The summed E-state index contributed by atoms with van der Waals surface area (Å²) in [7, 11) is 1.78. The van der Waals surface area contributed by atoms with Crippen LogP contribution in [0.5, 0.6) is 0 Å². The number of aryl methyl sites for hydroxylation is 1. The van der Waals surface area contributed by atoms with Crippen molar-refractivity contribution < 1.29 is 4.79 Å². The number of amides is 1. The summed E-state index contributed by atoms with van der Waals surface area (Å²) in [6.07, 6.45) is 1.46. The zero-order valence-corrected chi connectivity index (χ0v) is 11.2. The molecule has 1 heterocycles. The summed E-state index contributed by atoms with van der Waals surface area (Å²) >= 11 is 6.28. The molecule has 0 aromatic carbocycles. The minimum Gasteiger partial charge on any atom is -0.393 e. The van der Waals surface area contributed by atoms with Crippen LogP contribution in [0.1, 0.15) is 28.6 Å². The predicted octanol–water partition coefficient (Wildman–Crippen LogP) is 2.06. The van der Waals surface area contributed by atoms with E-state index in [9.17, 15) is 4.79 Å². The van der Waals surface area contributed by atoms with E-state index >= 15 is 0 Å². The highest BCUT2D eigenvalue weighted by atomic mass is 32.1. The van der Waals surface area contributed by atoms with Gasteiger partial charge in [0.15, 0.2) is 0 Å². The van der Waals surface area contributed by atoms with Crippen LogP contribution >= 0.6 is 23.6 Å². The quantitative estimate of drug-likeness (QED) is 0.820. The van der Waals surface area contributed by atoms with E-state index in [1.54, 1.807) is 11.9 Å². The predicted molar refractivity (Wildman–Crippen MR) is 72.1 cm³/mol. The van der Waals surface area contributed by atoms with Gasteiger partial charge >= 0.3 is 0 Å². The van der Waals surface area contributed by atoms with E-state index in [1.165, 1.54) is 11.3 Å². The fraction of sp³-hybridized carbons (Fsp3) is 0.455. The van der Waals surface area contributed by atoms with E-state index < -0.39 is 0 Å². The van der Waals surface area contributed by atoms with Crippen molar-refractivity contribution in [3.63, 3.8) is 0 Å². The molecule has 1 rings (SSSR count). The number of nitrogens with zero attached hydrogens (tertiary/aromatic N) is 1. The third-order valence-electron chi connectivity index (χ3n) is 2.36. The van der Waals surface area contributed by atoms with Gasteiger partial charge in [0.1, 0.15) is 0 Å². The van der Waals surface area contributed by atoms with Crippen molar-refractivity contribution in [2.24, 2.45) is 5.73 Å². The fourth-order valence-corrected chi connectivity index (χ4v) is 2.43. The molecule has 0 aliphatic carbocycles. The number of thiophene rings is 1. The number of carbonyl (C=O) groups is 1. The Morgan fingerprint density at radius 1 is 1.62 bits per heavy atom. The summed E-state index contributed by atoms with van der Waals surface area (Å²) in [6, 6.07) is 2.00. The lowest BCUT2D eigenvalue weighted by molar-refractivity contribution is 0.0803. The largest absolute Gasteiger partial charge is 0.393 e. The number of hydrogen-bond donors (Lipinski definition) is 1. The summed E-state index contributed by atoms with van der Waals surface area (Å²) in [4.78, 5) is 15.0. The van der Waals surface area contributed by atoms with Crippen molar-refractivity contribution >= 4 is 34.5 Å². The van der Waals surface area contributed by atoms with E-state index in [0.717, 1.165) is 16.9 Å². The molecular weight excluding hydrogens is 240 g/mol. The Kier molecular flexibility index (Phi) is 4.89. The SMILES string of the molecule is CCc1ccsc1C(=O)N(C)CCC(N)=S. The van der Waals surface area contributed by atoms with E-state index in [4.69, 9.17) is 18.0 Å². The van der Waals surface area contributed by atoms with Crippen LogP contribution < -0.4 is 5.73 Å². The number of nitrogens with two attached hydrogens (primary N) is 1. The molecule has 0 fully saturated rings. The van der Waals surface area contributed by atoms with Gasteiger partial charge in [-0.2, -0.15) is 0 Å². The molecule has 88 valence electrons. The van der Waals surface area contributed by atoms with Gasteiger partial charge in [0.05, 0.1) is 9.87 Å². The Morgan fingerprint density at radius 3 is 2.88 bits per heavy atom. The molecule has 0 aliphatic rings. The average Bonchev–Trinajstić information content (AvgIpc) is 2.72. The summed E-state index contributed by atoms with van der Waals surface area (Å²) in [5, 5.41) is 1.95. The lowest BCUT2D eigenvalue weighted by Crippen LogP contribution is -2.30. The normalized spacial score (nSPS) is 10.1. The first kappa shape index (κ1) is 13.1. The Bertz CT molecular complexity index is 387. The van der Waals surface area contributed by atoms with Crippen LogP contribution in [0.4, 0.5) is 0 Å². The fourth-order valence-electron chi connectivity index (χ4n) is 1.35. The Balaban J connectivity index is 2.66. The number of carbonyl (C=O) groups excluding carboxylic acids is 1. The van der Waals surface area contributed by atoms with Crippen LogP contribution in [-0.2, 0) is 6.42 Å². The van der Waals surface area contributed by atoms with Crippen LogP contribution in [0.3, 0.4) is 0 Å². The van der Waals surface area contributed by atoms with Gasteiger partial charge in [0.2, 0.25) is 0 Å². The molecular formula is C11H16N2OS2. The van der Waals surface area contributed by atoms with Gasteiger partial charge < -0.3 is 10.6 Å². The molecule has 2 N–H and O–H groups in total. The van der Waals surface area contributed by atoms with Crippen molar-refractivity contribution in [2.45, 2.75) is 19.8 Å². The first-order valence-corrected chi connectivity index (χ1v) is 6.45. The summed E-state index contributed by atoms with van der Waals surface area (Å²) in [5.74, 6) is 0.0584. The second-order valence-electron chi connectivity index (χ2n) is 3.57. The Morgan fingerprint density at radius 2 is 2.31 bits per heavy atom. The van der Waals surface area contributed by atoms with Crippen LogP contribution in [-0.4, -0.2) is 29.4 Å². The van der Waals surface area contributed by atoms with E-state index in [1.807, 2.05) is 18.4 Å². The maximum absolute atomic E-state index is 12.1. The molecule has 0 atom stereocenters. The minimum atomic E-state index is 0.0584. The third-order valence-corrected chi connectivity index (χ3v) is 3.51. The standard InChI is InChI=1S/C11H16N2OS2/c1-3-8-5-7-16-10(8)11(14)13(2)6-4-9(12)15/h5,7H,3-4,6H2,1-2H3,(H2,12,15). The average molecular weight is 256 g/mol. The second kappa shape index (κ2) is 5.96. The molecule has 3 nitrogen and oxygen atoms in total. The van der Waals surface area contributed by atoms with Crippen LogP contribution in [0, 0.1) is 0 Å². The highest BCUT2D eigenvalue weighted by Crippen LogP contribution is 2.19. The maximum atomic E-state index is 12.1. The van der Waals surface area contributed by atoms with Crippen molar-refractivity contribution in [3.05, 3.63) is 21.9 Å². The highest BCUT2D eigenvalue weighted by Gasteiger charge is 2.16. The van der Waals surface area contributed by atoms with E-state index in [-0.39, 0.29) is 5.91 Å². The maximum Gasteiger partial charge on any atom is 0.263 e. The molecule has 0 saturated carbocycles. The molecule has 0 aliphatic heterocycles. The number of hydrogen-bond acceptors (Lipinski definition) is 3. The number of thiocarbonyl (C=S) groups is 1. The first-order chi connectivity index (χ1) is 7.56. The molecule has 1 amide bonds. The van der Waals surface area contributed by atoms with Crippen molar-refractivity contribution in [1.82, 2.24) is 4.90 Å². The third kappa shape index (κ3) is 3.28. The second-order valence-corrected chi connectivity index (χ2v) is 5.01. The van der Waals surface area contributed by atoms with Crippen LogP contribution in [0.15, 0.2) is 11.4 Å². The van der Waals surface area contributed by atoms with Crippen molar-refractivity contribution in [3.8, 4) is 0 Å². The Hall–Kier alpha value is -0.940. The van der Waals surface area contributed by atoms with Crippen molar-refractivity contribution in [1.29, 1.82) is 0 Å². The lowest BCUT2D eigenvalue weighted by Gasteiger charge is -2.16. The van der Waals surface area contributed by atoms with Gasteiger partial charge in [0.25, 0.3) is 5.91 Å².